The van der Waals surface area contributed by atoms with E-state index in [0.717, 1.165) is 29.1 Å². The van der Waals surface area contributed by atoms with Gasteiger partial charge in [-0.3, -0.25) is 0 Å². The molecule has 9 nitrogen and oxygen atoms in total. The molecular weight excluding hydrogens is 447 g/mol. The third-order valence-corrected chi connectivity index (χ3v) is 5.68. The second kappa shape index (κ2) is 9.48. The third kappa shape index (κ3) is 4.81. The molecule has 5 rings (SSSR count). The van der Waals surface area contributed by atoms with Crippen LogP contribution in [-0.2, 0) is 4.74 Å². The summed E-state index contributed by atoms with van der Waals surface area (Å²) in [6.07, 6.45) is 1.13. The van der Waals surface area contributed by atoms with Crippen molar-refractivity contribution in [2.75, 3.05) is 36.5 Å². The van der Waals surface area contributed by atoms with Crippen molar-refractivity contribution < 1.29 is 9.13 Å². The fraction of sp³-hybridized carbons (Fsp3) is 0.240. The summed E-state index contributed by atoms with van der Waals surface area (Å²) in [5.74, 6) is 1.18. The van der Waals surface area contributed by atoms with Crippen molar-refractivity contribution in [3.8, 4) is 23.0 Å². The number of halogens is 1. The van der Waals surface area contributed by atoms with Crippen molar-refractivity contribution in [1.29, 1.82) is 5.26 Å². The molecule has 0 aliphatic carbocycles. The van der Waals surface area contributed by atoms with E-state index in [4.69, 9.17) is 4.74 Å². The highest BCUT2D eigenvalue weighted by Crippen LogP contribution is 2.29. The van der Waals surface area contributed by atoms with Crippen molar-refractivity contribution in [2.24, 2.45) is 0 Å². The van der Waals surface area contributed by atoms with Gasteiger partial charge in [-0.05, 0) is 56.3 Å². The van der Waals surface area contributed by atoms with Gasteiger partial charge in [0.25, 0.3) is 0 Å². The molecule has 4 aromatic rings. The van der Waals surface area contributed by atoms with Gasteiger partial charge in [0.1, 0.15) is 17.3 Å². The van der Waals surface area contributed by atoms with Gasteiger partial charge in [0.2, 0.25) is 5.95 Å². The number of nitrogens with one attached hydrogen (secondary N) is 1. The fourth-order valence-electron chi connectivity index (χ4n) is 4.03. The zero-order valence-electron chi connectivity index (χ0n) is 19.4. The Bertz CT molecular complexity index is 1400. The van der Waals surface area contributed by atoms with Gasteiger partial charge in [-0.1, -0.05) is 0 Å². The second-order valence-electron chi connectivity index (χ2n) is 8.16. The number of anilines is 3. The lowest BCUT2D eigenvalue weighted by Crippen LogP contribution is -2.36. The number of aryl methyl sites for hydroxylation is 2. The molecule has 0 atom stereocenters. The van der Waals surface area contributed by atoms with Gasteiger partial charge in [-0.15, -0.1) is 0 Å². The number of aromatic nitrogens is 5. The van der Waals surface area contributed by atoms with Crippen LogP contribution in [0, 0.1) is 31.0 Å². The maximum atomic E-state index is 14.8. The van der Waals surface area contributed by atoms with Gasteiger partial charge >= 0.3 is 0 Å². The Morgan fingerprint density at radius 1 is 1.03 bits per heavy atom. The number of nitrogens with zero attached hydrogens (tertiary/aromatic N) is 7. The number of nitriles is 1. The first-order chi connectivity index (χ1) is 17.0. The highest BCUT2D eigenvalue weighted by molar-refractivity contribution is 5.70. The molecule has 1 saturated heterocycles. The monoisotopic (exact) mass is 470 g/mol. The molecule has 3 heterocycles. The van der Waals surface area contributed by atoms with E-state index in [2.05, 4.69) is 36.3 Å². The van der Waals surface area contributed by atoms with E-state index in [1.54, 1.807) is 16.8 Å². The van der Waals surface area contributed by atoms with Crippen LogP contribution < -0.4 is 10.2 Å². The predicted molar refractivity (Wildman–Crippen MR) is 129 cm³/mol. The second-order valence-corrected chi connectivity index (χ2v) is 8.16. The van der Waals surface area contributed by atoms with Crippen molar-refractivity contribution in [3.63, 3.8) is 0 Å². The van der Waals surface area contributed by atoms with Crippen molar-refractivity contribution in [2.45, 2.75) is 13.8 Å². The molecule has 0 saturated carbocycles. The summed E-state index contributed by atoms with van der Waals surface area (Å²) in [4.78, 5) is 15.0. The Labute approximate surface area is 201 Å². The summed E-state index contributed by atoms with van der Waals surface area (Å²) >= 11 is 0. The van der Waals surface area contributed by atoms with Gasteiger partial charge in [-0.25, -0.2) is 24.0 Å². The molecule has 0 spiro atoms. The van der Waals surface area contributed by atoms with Crippen molar-refractivity contribution in [1.82, 2.24) is 24.7 Å². The van der Waals surface area contributed by atoms with E-state index in [0.29, 0.717) is 43.3 Å². The largest absolute Gasteiger partial charge is 0.378 e. The molecule has 1 aliphatic rings. The standard InChI is InChI=1S/C25H23FN8O/c1-16-29-17(2)34(32-16)21-5-3-20(4-6-21)30-25-28-15-23(26)24(31-25)19-11-18(14-27)12-22(13-19)33-7-9-35-10-8-33/h3-6,11-13,15H,7-10H2,1-2H3,(H,28,30,31). The summed E-state index contributed by atoms with van der Waals surface area (Å²) in [6.45, 7) is 6.37. The lowest BCUT2D eigenvalue weighted by Gasteiger charge is -2.29. The third-order valence-electron chi connectivity index (χ3n) is 5.68. The van der Waals surface area contributed by atoms with Gasteiger partial charge in [-0.2, -0.15) is 10.4 Å². The average molecular weight is 471 g/mol. The van der Waals surface area contributed by atoms with Crippen LogP contribution in [0.15, 0.2) is 48.7 Å². The molecular formula is C25H23FN8O. The number of morpholine rings is 1. The van der Waals surface area contributed by atoms with E-state index in [1.807, 2.05) is 44.2 Å². The molecule has 0 bridgehead atoms. The minimum absolute atomic E-state index is 0.124. The van der Waals surface area contributed by atoms with Crippen LogP contribution in [0.5, 0.6) is 0 Å². The topological polar surface area (TPSA) is 105 Å². The smallest absolute Gasteiger partial charge is 0.227 e. The fourth-order valence-corrected chi connectivity index (χ4v) is 4.03. The highest BCUT2D eigenvalue weighted by atomic mass is 19.1. The molecule has 0 unspecified atom stereocenters. The molecule has 35 heavy (non-hydrogen) atoms. The van der Waals surface area contributed by atoms with E-state index in [1.165, 1.54) is 0 Å². The minimum atomic E-state index is -0.564. The van der Waals surface area contributed by atoms with Gasteiger partial charge in [0.05, 0.1) is 36.7 Å². The molecule has 2 aromatic carbocycles. The summed E-state index contributed by atoms with van der Waals surface area (Å²) in [6, 6.07) is 15.0. The molecule has 0 amide bonds. The van der Waals surface area contributed by atoms with Crippen molar-refractivity contribution >= 4 is 17.3 Å². The van der Waals surface area contributed by atoms with Crippen LogP contribution in [0.2, 0.25) is 0 Å². The first-order valence-corrected chi connectivity index (χ1v) is 11.2. The molecule has 1 fully saturated rings. The Balaban J connectivity index is 1.42. The number of hydrogen-bond donors (Lipinski definition) is 1. The van der Waals surface area contributed by atoms with Crippen LogP contribution in [0.4, 0.5) is 21.7 Å². The van der Waals surface area contributed by atoms with Gasteiger partial charge < -0.3 is 15.0 Å². The highest BCUT2D eigenvalue weighted by Gasteiger charge is 2.17. The molecule has 2 aromatic heterocycles. The zero-order chi connectivity index (χ0) is 24.4. The number of benzene rings is 2. The summed E-state index contributed by atoms with van der Waals surface area (Å²) in [5.41, 5.74) is 3.52. The SMILES string of the molecule is Cc1nc(C)n(-c2ccc(Nc3ncc(F)c(-c4cc(C#N)cc(N5CCOCC5)c4)n3)cc2)n1. The van der Waals surface area contributed by atoms with Gasteiger partial charge in [0.15, 0.2) is 5.82 Å². The Hall–Kier alpha value is -4.36. The Kier molecular flexibility index (Phi) is 6.08. The van der Waals surface area contributed by atoms with Crippen LogP contribution in [0.3, 0.4) is 0 Å². The molecule has 0 radical (unpaired) electrons. The average Bonchev–Trinajstić information content (AvgIpc) is 3.23. The number of ether oxygens (including phenoxy) is 1. The first kappa shape index (κ1) is 22.4. The van der Waals surface area contributed by atoms with Crippen LogP contribution in [0.1, 0.15) is 17.2 Å². The zero-order valence-corrected chi connectivity index (χ0v) is 19.4. The minimum Gasteiger partial charge on any atom is -0.378 e. The van der Waals surface area contributed by atoms with Crippen LogP contribution >= 0.6 is 0 Å². The first-order valence-electron chi connectivity index (χ1n) is 11.2. The quantitative estimate of drug-likeness (QED) is 0.468. The van der Waals surface area contributed by atoms with Crippen LogP contribution in [0.25, 0.3) is 16.9 Å². The number of rotatable bonds is 5. The molecule has 10 heteroatoms. The summed E-state index contributed by atoms with van der Waals surface area (Å²) in [5, 5.41) is 17.0. The van der Waals surface area contributed by atoms with E-state index in [-0.39, 0.29) is 11.6 Å². The summed E-state index contributed by atoms with van der Waals surface area (Å²) < 4.78 is 22.0. The Morgan fingerprint density at radius 3 is 2.49 bits per heavy atom. The summed E-state index contributed by atoms with van der Waals surface area (Å²) in [7, 11) is 0. The molecule has 176 valence electrons. The molecule has 1 N–H and O–H groups in total. The van der Waals surface area contributed by atoms with E-state index in [9.17, 15) is 9.65 Å². The molecule has 1 aliphatic heterocycles. The Morgan fingerprint density at radius 2 is 1.80 bits per heavy atom. The maximum absolute atomic E-state index is 14.8. The lowest BCUT2D eigenvalue weighted by molar-refractivity contribution is 0.122. The van der Waals surface area contributed by atoms with Crippen LogP contribution in [-0.4, -0.2) is 51.0 Å². The van der Waals surface area contributed by atoms with E-state index < -0.39 is 5.82 Å². The van der Waals surface area contributed by atoms with Gasteiger partial charge in [0, 0.05) is 30.0 Å². The van der Waals surface area contributed by atoms with E-state index >= 15 is 0 Å². The maximum Gasteiger partial charge on any atom is 0.227 e. The lowest BCUT2D eigenvalue weighted by atomic mass is 10.1. The number of hydrogen-bond acceptors (Lipinski definition) is 8. The normalized spacial score (nSPS) is 13.5. The van der Waals surface area contributed by atoms with Crippen molar-refractivity contribution in [3.05, 3.63) is 71.7 Å². The predicted octanol–water partition coefficient (Wildman–Crippen LogP) is 3.93.